The molecule has 0 nitrogen and oxygen atoms in total. The van der Waals surface area contributed by atoms with Gasteiger partial charge in [0.15, 0.2) is 0 Å². The van der Waals surface area contributed by atoms with Crippen LogP contribution in [0.1, 0.15) is 20.8 Å². The molecular formula is C5H13BIP. The number of alkyl halides is 1. The molecular weight excluding hydrogens is 229 g/mol. The third-order valence-corrected chi connectivity index (χ3v) is 4.23. The van der Waals surface area contributed by atoms with Gasteiger partial charge >= 0.3 is 0 Å². The molecule has 0 rings (SSSR count). The first kappa shape index (κ1) is 9.22. The third kappa shape index (κ3) is 2.68. The van der Waals surface area contributed by atoms with Gasteiger partial charge in [-0.25, -0.2) is 0 Å². The zero-order valence-electron chi connectivity index (χ0n) is 5.96. The molecule has 0 aromatic rings. The van der Waals surface area contributed by atoms with E-state index in [1.807, 2.05) is 0 Å². The van der Waals surface area contributed by atoms with Gasteiger partial charge in [-0.1, -0.05) is 43.4 Å². The Hall–Kier alpha value is 1.22. The van der Waals surface area contributed by atoms with Crippen LogP contribution in [0.5, 0.6) is 0 Å². The van der Waals surface area contributed by atoms with Crippen molar-refractivity contribution in [2.24, 2.45) is 0 Å². The van der Waals surface area contributed by atoms with Crippen LogP contribution in [0.3, 0.4) is 0 Å². The second kappa shape index (κ2) is 2.45. The lowest BCUT2D eigenvalue weighted by Crippen LogP contribution is -2.36. The second-order valence-electron chi connectivity index (χ2n) is 3.19. The summed E-state index contributed by atoms with van der Waals surface area (Å²) in [5.74, 6) is 0. The van der Waals surface area contributed by atoms with Gasteiger partial charge in [0, 0.05) is 0 Å². The molecule has 0 bridgehead atoms. The highest BCUT2D eigenvalue weighted by atomic mass is 127. The monoisotopic (exact) mass is 242 g/mol. The zero-order chi connectivity index (χ0) is 7.00. The van der Waals surface area contributed by atoms with Gasteiger partial charge in [0.2, 0.25) is 0 Å². The Morgan fingerprint density at radius 3 is 1.50 bits per heavy atom. The summed E-state index contributed by atoms with van der Waals surface area (Å²) in [6.07, 6.45) is 0. The van der Waals surface area contributed by atoms with Gasteiger partial charge < -0.3 is 0 Å². The van der Waals surface area contributed by atoms with Crippen molar-refractivity contribution < 1.29 is 0 Å². The van der Waals surface area contributed by atoms with E-state index >= 15 is 0 Å². The summed E-state index contributed by atoms with van der Waals surface area (Å²) in [6, 6.07) is 0. The molecule has 0 saturated carbocycles. The first-order valence-corrected chi connectivity index (χ1v) is 4.38. The summed E-state index contributed by atoms with van der Waals surface area (Å²) in [5.41, 5.74) is 0. The average Bonchev–Trinajstić information content (AvgIpc) is 1.25. The summed E-state index contributed by atoms with van der Waals surface area (Å²) in [7, 11) is 5.09. The standard InChI is InChI=1S/C5H13BIP/c1-4(2,8)5(3,6)7/h6,8H2,1-3H3. The SMILES string of the molecule is BC(C)(I)C(C)(C)P. The second-order valence-corrected chi connectivity index (χ2v) is 7.33. The predicted molar refractivity (Wildman–Crippen MR) is 54.8 cm³/mol. The average molecular weight is 242 g/mol. The maximum Gasteiger partial charge on any atom is 0.123 e. The fourth-order valence-corrected chi connectivity index (χ4v) is 0. The largest absolute Gasteiger partial charge is 0.131 e. The molecule has 0 N–H and O–H groups in total. The number of halogens is 1. The molecule has 0 aliphatic heterocycles. The fourth-order valence-electron chi connectivity index (χ4n) is 0. The minimum absolute atomic E-state index is 0.341. The molecule has 0 radical (unpaired) electrons. The van der Waals surface area contributed by atoms with E-state index < -0.39 is 0 Å². The van der Waals surface area contributed by atoms with E-state index in [1.54, 1.807) is 0 Å². The molecule has 2 unspecified atom stereocenters. The molecule has 0 spiro atoms. The van der Waals surface area contributed by atoms with Gasteiger partial charge in [-0.15, -0.1) is 9.24 Å². The highest BCUT2D eigenvalue weighted by Crippen LogP contribution is 2.35. The van der Waals surface area contributed by atoms with Crippen LogP contribution in [0.2, 0.25) is 0 Å². The van der Waals surface area contributed by atoms with Crippen LogP contribution in [0.4, 0.5) is 0 Å². The molecule has 0 aromatic heterocycles. The van der Waals surface area contributed by atoms with Crippen LogP contribution in [0.15, 0.2) is 0 Å². The van der Waals surface area contributed by atoms with E-state index in [-0.39, 0.29) is 0 Å². The molecule has 0 aliphatic carbocycles. The summed E-state index contributed by atoms with van der Waals surface area (Å²) in [5, 5.41) is 0.341. The minimum Gasteiger partial charge on any atom is -0.131 e. The molecule has 0 aromatic carbocycles. The Kier molecular flexibility index (Phi) is 2.83. The van der Waals surface area contributed by atoms with Gasteiger partial charge in [-0.3, -0.25) is 0 Å². The lowest BCUT2D eigenvalue weighted by atomic mass is 9.79. The summed E-state index contributed by atoms with van der Waals surface area (Å²) in [4.78, 5) is 0. The fraction of sp³-hybridized carbons (Fsp3) is 1.00. The van der Waals surface area contributed by atoms with Crippen LogP contribution in [-0.4, -0.2) is 16.3 Å². The first-order chi connectivity index (χ1) is 3.25. The van der Waals surface area contributed by atoms with Crippen LogP contribution < -0.4 is 0 Å². The predicted octanol–water partition coefficient (Wildman–Crippen LogP) is 1.42. The Morgan fingerprint density at radius 2 is 1.50 bits per heavy atom. The molecule has 0 fully saturated rings. The van der Waals surface area contributed by atoms with Gasteiger partial charge in [-0.2, -0.15) is 0 Å². The maximum atomic E-state index is 2.85. The molecule has 0 heterocycles. The van der Waals surface area contributed by atoms with Crippen LogP contribution in [0, 0.1) is 0 Å². The Labute approximate surface area is 68.9 Å². The quantitative estimate of drug-likeness (QED) is 0.282. The molecule has 8 heavy (non-hydrogen) atoms. The van der Waals surface area contributed by atoms with Gasteiger partial charge in [0.1, 0.15) is 7.85 Å². The lowest BCUT2D eigenvalue weighted by molar-refractivity contribution is 0.674. The van der Waals surface area contributed by atoms with E-state index in [1.165, 1.54) is 0 Å². The smallest absolute Gasteiger partial charge is 0.123 e. The molecule has 0 amide bonds. The molecule has 3 heteroatoms. The first-order valence-electron chi connectivity index (χ1n) is 2.73. The van der Waals surface area contributed by atoms with Crippen LogP contribution in [0.25, 0.3) is 0 Å². The number of hydrogen-bond donors (Lipinski definition) is 0. The highest BCUT2D eigenvalue weighted by molar-refractivity contribution is 14.1. The summed E-state index contributed by atoms with van der Waals surface area (Å²) in [6.45, 7) is 6.69. The van der Waals surface area contributed by atoms with E-state index in [0.29, 0.717) is 8.48 Å². The van der Waals surface area contributed by atoms with Gasteiger partial charge in [-0.05, 0) is 8.48 Å². The maximum absolute atomic E-state index is 2.85. The minimum atomic E-state index is 0.341. The summed E-state index contributed by atoms with van der Waals surface area (Å²) < 4.78 is 0.370. The van der Waals surface area contributed by atoms with Crippen molar-refractivity contribution in [3.63, 3.8) is 0 Å². The molecule has 0 aliphatic rings. The Bertz CT molecular complexity index is 67.4. The topological polar surface area (TPSA) is 0 Å². The third-order valence-electron chi connectivity index (χ3n) is 1.53. The number of hydrogen-bond acceptors (Lipinski definition) is 0. The number of rotatable bonds is 1. The zero-order valence-corrected chi connectivity index (χ0v) is 9.27. The van der Waals surface area contributed by atoms with Gasteiger partial charge in [0.05, 0.1) is 0 Å². The van der Waals surface area contributed by atoms with Crippen molar-refractivity contribution in [3.8, 4) is 0 Å². The van der Waals surface area contributed by atoms with E-state index in [0.717, 1.165) is 0 Å². The van der Waals surface area contributed by atoms with Crippen molar-refractivity contribution >= 4 is 39.7 Å². The van der Waals surface area contributed by atoms with Crippen LogP contribution in [-0.2, 0) is 0 Å². The van der Waals surface area contributed by atoms with E-state index in [9.17, 15) is 0 Å². The van der Waals surface area contributed by atoms with E-state index in [4.69, 9.17) is 0 Å². The molecule has 0 saturated heterocycles. The van der Waals surface area contributed by atoms with Crippen molar-refractivity contribution in [1.82, 2.24) is 0 Å². The van der Waals surface area contributed by atoms with Crippen molar-refractivity contribution in [2.75, 3.05) is 0 Å². The highest BCUT2D eigenvalue weighted by Gasteiger charge is 2.29. The summed E-state index contributed by atoms with van der Waals surface area (Å²) >= 11 is 2.46. The normalized spacial score (nSPS) is 20.1. The van der Waals surface area contributed by atoms with Crippen molar-refractivity contribution in [3.05, 3.63) is 0 Å². The molecule has 48 valence electrons. The lowest BCUT2D eigenvalue weighted by Gasteiger charge is -2.32. The van der Waals surface area contributed by atoms with Crippen molar-refractivity contribution in [2.45, 2.75) is 29.2 Å². The Morgan fingerprint density at radius 1 is 1.38 bits per heavy atom. The van der Waals surface area contributed by atoms with E-state index in [2.05, 4.69) is 60.4 Å². The molecule has 2 atom stereocenters. The van der Waals surface area contributed by atoms with Gasteiger partial charge in [0.25, 0.3) is 0 Å². The van der Waals surface area contributed by atoms with Crippen LogP contribution >= 0.6 is 31.8 Å². The Balaban J connectivity index is 4.02. The van der Waals surface area contributed by atoms with Crippen molar-refractivity contribution in [1.29, 1.82) is 0 Å².